The fraction of sp³-hybridized carbons (Fsp3) is 1.00. The van der Waals surface area contributed by atoms with E-state index >= 15 is 0 Å². The van der Waals surface area contributed by atoms with Crippen molar-refractivity contribution < 1.29 is 13.5 Å². The van der Waals surface area contributed by atoms with Gasteiger partial charge in [-0.05, 0) is 45.2 Å². The third-order valence-corrected chi connectivity index (χ3v) is 6.74. The molecule has 0 amide bonds. The zero-order chi connectivity index (χ0) is 15.5. The average Bonchev–Trinajstić information content (AvgIpc) is 2.68. The molecule has 2 unspecified atom stereocenters. The minimum atomic E-state index is -3.41. The molecule has 0 spiro atoms. The van der Waals surface area contributed by atoms with Gasteiger partial charge in [0.05, 0.1) is 0 Å². The first-order chi connectivity index (χ1) is 9.98. The maximum Gasteiger partial charge on any atom is 0.282 e. The Balaban J connectivity index is 2.16. The summed E-state index contributed by atoms with van der Waals surface area (Å²) in [7, 11) is -1.35. The molecule has 0 bridgehead atoms. The van der Waals surface area contributed by atoms with Crippen molar-refractivity contribution in [1.29, 1.82) is 0 Å². The summed E-state index contributed by atoms with van der Waals surface area (Å²) in [5, 5.41) is 9.32. The first-order valence-electron chi connectivity index (χ1n) is 8.05. The molecule has 2 atom stereocenters. The summed E-state index contributed by atoms with van der Waals surface area (Å²) in [6.07, 6.45) is 3.47. The average molecular weight is 319 g/mol. The highest BCUT2D eigenvalue weighted by molar-refractivity contribution is 7.86. The maximum absolute atomic E-state index is 13.0. The van der Waals surface area contributed by atoms with Gasteiger partial charge in [0.15, 0.2) is 0 Å². The van der Waals surface area contributed by atoms with Gasteiger partial charge in [-0.1, -0.05) is 6.92 Å². The van der Waals surface area contributed by atoms with E-state index in [9.17, 15) is 13.5 Å². The molecular weight excluding hydrogens is 290 g/mol. The Bertz CT molecular complexity index is 429. The second-order valence-electron chi connectivity index (χ2n) is 6.35. The summed E-state index contributed by atoms with van der Waals surface area (Å²) >= 11 is 0. The predicted molar refractivity (Wildman–Crippen MR) is 83.2 cm³/mol. The molecule has 21 heavy (non-hydrogen) atoms. The van der Waals surface area contributed by atoms with Crippen LogP contribution < -0.4 is 0 Å². The highest BCUT2D eigenvalue weighted by Gasteiger charge is 2.37. The lowest BCUT2D eigenvalue weighted by Crippen LogP contribution is -2.52. The molecule has 0 aromatic carbocycles. The van der Waals surface area contributed by atoms with Gasteiger partial charge in [0.25, 0.3) is 10.2 Å². The molecule has 2 aliphatic heterocycles. The zero-order valence-electron chi connectivity index (χ0n) is 13.2. The molecule has 7 heteroatoms. The number of rotatable bonds is 4. The second-order valence-corrected chi connectivity index (χ2v) is 8.23. The molecule has 2 fully saturated rings. The summed E-state index contributed by atoms with van der Waals surface area (Å²) in [5.41, 5.74) is 0. The zero-order valence-corrected chi connectivity index (χ0v) is 14.1. The van der Waals surface area contributed by atoms with Crippen molar-refractivity contribution in [3.8, 4) is 0 Å². The van der Waals surface area contributed by atoms with Crippen LogP contribution in [-0.2, 0) is 10.2 Å². The van der Waals surface area contributed by atoms with Gasteiger partial charge in [0, 0.05) is 38.8 Å². The SMILES string of the molecule is CCC1CN(C)CCCN1S(=O)(=O)N1CCCC(CO)C1. The summed E-state index contributed by atoms with van der Waals surface area (Å²) in [5.74, 6) is 0.0863. The van der Waals surface area contributed by atoms with Crippen molar-refractivity contribution in [3.63, 3.8) is 0 Å². The van der Waals surface area contributed by atoms with E-state index in [-0.39, 0.29) is 18.6 Å². The van der Waals surface area contributed by atoms with Crippen molar-refractivity contribution in [3.05, 3.63) is 0 Å². The summed E-state index contributed by atoms with van der Waals surface area (Å²) in [6.45, 7) is 5.52. The normalized spacial score (nSPS) is 31.2. The van der Waals surface area contributed by atoms with Gasteiger partial charge in [-0.15, -0.1) is 0 Å². The Kier molecular flexibility index (Phi) is 6.02. The maximum atomic E-state index is 13.0. The highest BCUT2D eigenvalue weighted by atomic mass is 32.2. The van der Waals surface area contributed by atoms with E-state index in [1.54, 1.807) is 8.61 Å². The standard InChI is InChI=1S/C14H29N3O3S/c1-3-14-11-15(2)7-5-9-17(14)21(19,20)16-8-4-6-13(10-16)12-18/h13-14,18H,3-12H2,1-2H3. The molecule has 2 aliphatic rings. The van der Waals surface area contributed by atoms with Crippen LogP contribution in [-0.4, -0.2) is 79.5 Å². The first-order valence-corrected chi connectivity index (χ1v) is 9.45. The van der Waals surface area contributed by atoms with Crippen molar-refractivity contribution in [2.75, 3.05) is 46.4 Å². The fourth-order valence-corrected chi connectivity index (χ4v) is 5.40. The molecule has 1 N–H and O–H groups in total. The van der Waals surface area contributed by atoms with Crippen LogP contribution in [0.15, 0.2) is 0 Å². The van der Waals surface area contributed by atoms with Gasteiger partial charge in [-0.3, -0.25) is 0 Å². The number of hydrogen-bond donors (Lipinski definition) is 1. The van der Waals surface area contributed by atoms with Crippen LogP contribution in [0.1, 0.15) is 32.6 Å². The molecule has 2 saturated heterocycles. The number of piperidine rings is 1. The Labute approximate surface area is 128 Å². The quantitative estimate of drug-likeness (QED) is 0.812. The number of aliphatic hydroxyl groups is 1. The van der Waals surface area contributed by atoms with Crippen LogP contribution in [0.4, 0.5) is 0 Å². The Morgan fingerprint density at radius 3 is 2.57 bits per heavy atom. The summed E-state index contributed by atoms with van der Waals surface area (Å²) in [4.78, 5) is 2.22. The topological polar surface area (TPSA) is 64.1 Å². The smallest absolute Gasteiger partial charge is 0.282 e. The number of hydrogen-bond acceptors (Lipinski definition) is 4. The van der Waals surface area contributed by atoms with Gasteiger partial charge in [0.2, 0.25) is 0 Å². The minimum Gasteiger partial charge on any atom is -0.396 e. The van der Waals surface area contributed by atoms with Crippen LogP contribution in [0.25, 0.3) is 0 Å². The van der Waals surface area contributed by atoms with Crippen molar-refractivity contribution >= 4 is 10.2 Å². The third kappa shape index (κ3) is 3.96. The first kappa shape index (κ1) is 17.1. The van der Waals surface area contributed by atoms with Gasteiger partial charge in [0.1, 0.15) is 0 Å². The van der Waals surface area contributed by atoms with E-state index in [0.29, 0.717) is 19.6 Å². The molecule has 0 aromatic heterocycles. The van der Waals surface area contributed by atoms with E-state index in [1.165, 1.54) is 0 Å². The molecule has 2 heterocycles. The molecule has 6 nitrogen and oxygen atoms in total. The lowest BCUT2D eigenvalue weighted by atomic mass is 10.0. The van der Waals surface area contributed by atoms with Gasteiger partial charge < -0.3 is 10.0 Å². The summed E-state index contributed by atoms with van der Waals surface area (Å²) < 4.78 is 29.3. The highest BCUT2D eigenvalue weighted by Crippen LogP contribution is 2.24. The number of nitrogens with zero attached hydrogens (tertiary/aromatic N) is 3. The summed E-state index contributed by atoms with van der Waals surface area (Å²) in [6, 6.07) is 0.0528. The molecule has 0 saturated carbocycles. The lowest BCUT2D eigenvalue weighted by molar-refractivity contribution is 0.157. The van der Waals surface area contributed by atoms with Crippen molar-refractivity contribution in [1.82, 2.24) is 13.5 Å². The van der Waals surface area contributed by atoms with Crippen molar-refractivity contribution in [2.24, 2.45) is 5.92 Å². The molecular formula is C14H29N3O3S. The van der Waals surface area contributed by atoms with Crippen LogP contribution in [0.2, 0.25) is 0 Å². The van der Waals surface area contributed by atoms with Crippen molar-refractivity contribution in [2.45, 2.75) is 38.6 Å². The van der Waals surface area contributed by atoms with Crippen LogP contribution in [0.5, 0.6) is 0 Å². The van der Waals surface area contributed by atoms with Crippen LogP contribution in [0.3, 0.4) is 0 Å². The second kappa shape index (κ2) is 7.37. The van der Waals surface area contributed by atoms with E-state index < -0.39 is 10.2 Å². The van der Waals surface area contributed by atoms with Crippen LogP contribution >= 0.6 is 0 Å². The number of likely N-dealkylation sites (N-methyl/N-ethyl adjacent to an activating group) is 1. The Morgan fingerprint density at radius 2 is 1.90 bits per heavy atom. The largest absolute Gasteiger partial charge is 0.396 e. The molecule has 0 aromatic rings. The molecule has 0 aliphatic carbocycles. The van der Waals surface area contributed by atoms with Gasteiger partial charge in [-0.25, -0.2) is 0 Å². The fourth-order valence-electron chi connectivity index (χ4n) is 3.39. The Morgan fingerprint density at radius 1 is 1.14 bits per heavy atom. The van der Waals surface area contributed by atoms with Crippen LogP contribution in [0, 0.1) is 5.92 Å². The van der Waals surface area contributed by atoms with E-state index in [4.69, 9.17) is 0 Å². The molecule has 0 radical (unpaired) electrons. The third-order valence-electron chi connectivity index (χ3n) is 4.68. The monoisotopic (exact) mass is 319 g/mol. The van der Waals surface area contributed by atoms with E-state index in [0.717, 1.165) is 38.8 Å². The lowest BCUT2D eigenvalue weighted by Gasteiger charge is -2.37. The Hall–Kier alpha value is -0.210. The van der Waals surface area contributed by atoms with Gasteiger partial charge >= 0.3 is 0 Å². The predicted octanol–water partition coefficient (Wildman–Crippen LogP) is 0.352. The minimum absolute atomic E-state index is 0.0528. The number of aliphatic hydroxyl groups excluding tert-OH is 1. The molecule has 124 valence electrons. The van der Waals surface area contributed by atoms with Gasteiger partial charge in [-0.2, -0.15) is 17.0 Å². The van der Waals surface area contributed by atoms with E-state index in [1.807, 2.05) is 0 Å². The van der Waals surface area contributed by atoms with E-state index in [2.05, 4.69) is 18.9 Å². The molecule has 2 rings (SSSR count).